The molecule has 1 aliphatic heterocycles. The highest BCUT2D eigenvalue weighted by Crippen LogP contribution is 2.27. The maximum absolute atomic E-state index is 12.0. The van der Waals surface area contributed by atoms with Crippen molar-refractivity contribution in [3.8, 4) is 0 Å². The van der Waals surface area contributed by atoms with E-state index in [4.69, 9.17) is 4.74 Å². The molecule has 0 aromatic heterocycles. The number of carbonyl (C=O) groups excluding carboxylic acids is 2. The van der Waals surface area contributed by atoms with Gasteiger partial charge in [0.1, 0.15) is 0 Å². The van der Waals surface area contributed by atoms with Crippen LogP contribution in [-0.2, 0) is 14.3 Å². The standard InChI is InChI=1S/C24H42O3/c1-3-5-7-9-11-13-15-17-19-21-22(24(26)27-23(21)25)20-18-16-14-12-10-8-6-4-2/h3-20H2,1-2H3. The van der Waals surface area contributed by atoms with E-state index in [2.05, 4.69) is 13.8 Å². The number of ether oxygens (including phenoxy) is 1. The van der Waals surface area contributed by atoms with Gasteiger partial charge >= 0.3 is 11.9 Å². The molecule has 0 unspecified atom stereocenters. The Labute approximate surface area is 167 Å². The molecule has 3 nitrogen and oxygen atoms in total. The molecule has 1 aliphatic rings. The normalized spacial score (nSPS) is 14.3. The molecule has 0 aliphatic carbocycles. The van der Waals surface area contributed by atoms with E-state index in [1.165, 1.54) is 77.0 Å². The molecule has 156 valence electrons. The predicted molar refractivity (Wildman–Crippen MR) is 113 cm³/mol. The Morgan fingerprint density at radius 3 is 1.11 bits per heavy atom. The van der Waals surface area contributed by atoms with Gasteiger partial charge in [0.25, 0.3) is 0 Å². The van der Waals surface area contributed by atoms with Crippen LogP contribution in [0.15, 0.2) is 11.1 Å². The van der Waals surface area contributed by atoms with Gasteiger partial charge in [-0.1, -0.05) is 104 Å². The zero-order valence-corrected chi connectivity index (χ0v) is 18.0. The lowest BCUT2D eigenvalue weighted by Crippen LogP contribution is -2.02. The van der Waals surface area contributed by atoms with Gasteiger partial charge in [0, 0.05) is 11.1 Å². The molecule has 0 N–H and O–H groups in total. The first-order valence-electron chi connectivity index (χ1n) is 11.7. The van der Waals surface area contributed by atoms with Crippen molar-refractivity contribution in [2.24, 2.45) is 0 Å². The third kappa shape index (κ3) is 10.7. The van der Waals surface area contributed by atoms with Crippen LogP contribution in [0.2, 0.25) is 0 Å². The smallest absolute Gasteiger partial charge is 0.342 e. The molecule has 0 bridgehead atoms. The Hall–Kier alpha value is -1.12. The average Bonchev–Trinajstić information content (AvgIpc) is 2.92. The van der Waals surface area contributed by atoms with Crippen molar-refractivity contribution in [2.75, 3.05) is 0 Å². The molecule has 0 saturated carbocycles. The molecule has 1 heterocycles. The topological polar surface area (TPSA) is 43.4 Å². The highest BCUT2D eigenvalue weighted by molar-refractivity contribution is 6.12. The Kier molecular flexibility index (Phi) is 14.1. The largest absolute Gasteiger partial charge is 0.386 e. The van der Waals surface area contributed by atoms with Crippen molar-refractivity contribution in [1.82, 2.24) is 0 Å². The minimum atomic E-state index is -0.377. The highest BCUT2D eigenvalue weighted by Gasteiger charge is 2.31. The molecule has 3 heteroatoms. The maximum Gasteiger partial charge on any atom is 0.342 e. The number of carbonyl (C=O) groups is 2. The number of esters is 2. The predicted octanol–water partition coefficient (Wildman–Crippen LogP) is 7.43. The Morgan fingerprint density at radius 1 is 0.481 bits per heavy atom. The Bertz CT molecular complexity index is 411. The van der Waals surface area contributed by atoms with Crippen LogP contribution in [0.25, 0.3) is 0 Å². The van der Waals surface area contributed by atoms with E-state index < -0.39 is 0 Å². The van der Waals surface area contributed by atoms with E-state index in [0.29, 0.717) is 24.0 Å². The van der Waals surface area contributed by atoms with Gasteiger partial charge < -0.3 is 4.74 Å². The fourth-order valence-corrected chi connectivity index (χ4v) is 3.83. The van der Waals surface area contributed by atoms with Gasteiger partial charge in [-0.25, -0.2) is 9.59 Å². The van der Waals surface area contributed by atoms with Crippen molar-refractivity contribution in [3.05, 3.63) is 11.1 Å². The molecule has 0 aromatic rings. The van der Waals surface area contributed by atoms with E-state index in [-0.39, 0.29) is 11.9 Å². The third-order valence-electron chi connectivity index (χ3n) is 5.60. The van der Waals surface area contributed by atoms with Gasteiger partial charge in [-0.05, 0) is 25.7 Å². The number of hydrogen-bond donors (Lipinski definition) is 0. The van der Waals surface area contributed by atoms with Crippen molar-refractivity contribution in [1.29, 1.82) is 0 Å². The summed E-state index contributed by atoms with van der Waals surface area (Å²) in [6.07, 6.45) is 21.3. The van der Waals surface area contributed by atoms with Gasteiger partial charge in [-0.2, -0.15) is 0 Å². The lowest BCUT2D eigenvalue weighted by atomic mass is 9.97. The summed E-state index contributed by atoms with van der Waals surface area (Å²) in [5.74, 6) is -0.755. The zero-order valence-electron chi connectivity index (χ0n) is 18.0. The second-order valence-electron chi connectivity index (χ2n) is 8.08. The molecule has 0 saturated heterocycles. The van der Waals surface area contributed by atoms with E-state index >= 15 is 0 Å². The minimum absolute atomic E-state index is 0.377. The molecule has 1 rings (SSSR count). The van der Waals surface area contributed by atoms with Crippen LogP contribution in [0.4, 0.5) is 0 Å². The summed E-state index contributed by atoms with van der Waals surface area (Å²) in [6.45, 7) is 4.47. The first kappa shape index (κ1) is 23.9. The molecule has 0 atom stereocenters. The van der Waals surface area contributed by atoms with Crippen molar-refractivity contribution >= 4 is 11.9 Å². The average molecular weight is 379 g/mol. The summed E-state index contributed by atoms with van der Waals surface area (Å²) in [6, 6.07) is 0. The molecule has 0 radical (unpaired) electrons. The molecule has 0 fully saturated rings. The summed E-state index contributed by atoms with van der Waals surface area (Å²) >= 11 is 0. The fourth-order valence-electron chi connectivity index (χ4n) is 3.83. The Morgan fingerprint density at radius 2 is 0.778 bits per heavy atom. The van der Waals surface area contributed by atoms with Crippen LogP contribution in [0.1, 0.15) is 129 Å². The van der Waals surface area contributed by atoms with E-state index in [1.54, 1.807) is 0 Å². The zero-order chi connectivity index (χ0) is 19.7. The number of cyclic esters (lactones) is 2. The number of rotatable bonds is 18. The summed E-state index contributed by atoms with van der Waals surface area (Å²) < 4.78 is 4.88. The quantitative estimate of drug-likeness (QED) is 0.141. The second-order valence-corrected chi connectivity index (χ2v) is 8.08. The maximum atomic E-state index is 12.0. The lowest BCUT2D eigenvalue weighted by molar-refractivity contribution is -0.151. The Balaban J connectivity index is 2.21. The van der Waals surface area contributed by atoms with Gasteiger partial charge in [0.05, 0.1) is 0 Å². The van der Waals surface area contributed by atoms with Crippen LogP contribution >= 0.6 is 0 Å². The molecular weight excluding hydrogens is 336 g/mol. The van der Waals surface area contributed by atoms with Crippen LogP contribution in [-0.4, -0.2) is 11.9 Å². The SMILES string of the molecule is CCCCCCCCCCC1=C(CCCCCCCCCC)C(=O)OC1=O. The van der Waals surface area contributed by atoms with Crippen LogP contribution in [0.5, 0.6) is 0 Å². The van der Waals surface area contributed by atoms with Crippen LogP contribution in [0.3, 0.4) is 0 Å². The van der Waals surface area contributed by atoms with Gasteiger partial charge in [-0.3, -0.25) is 0 Å². The van der Waals surface area contributed by atoms with Gasteiger partial charge in [0.2, 0.25) is 0 Å². The van der Waals surface area contributed by atoms with E-state index in [9.17, 15) is 9.59 Å². The first-order chi connectivity index (χ1) is 13.2. The van der Waals surface area contributed by atoms with Crippen LogP contribution in [0, 0.1) is 0 Å². The van der Waals surface area contributed by atoms with Crippen molar-refractivity contribution in [3.63, 3.8) is 0 Å². The van der Waals surface area contributed by atoms with Gasteiger partial charge in [0.15, 0.2) is 0 Å². The molecule has 0 aromatic carbocycles. The fraction of sp³-hybridized carbons (Fsp3) is 0.833. The second kappa shape index (κ2) is 15.9. The molecular formula is C24H42O3. The van der Waals surface area contributed by atoms with Gasteiger partial charge in [-0.15, -0.1) is 0 Å². The number of unbranched alkanes of at least 4 members (excludes halogenated alkanes) is 14. The monoisotopic (exact) mass is 378 g/mol. The summed E-state index contributed by atoms with van der Waals surface area (Å²) in [4.78, 5) is 23.9. The van der Waals surface area contributed by atoms with Crippen molar-refractivity contribution in [2.45, 2.75) is 129 Å². The summed E-state index contributed by atoms with van der Waals surface area (Å²) in [7, 11) is 0. The van der Waals surface area contributed by atoms with Crippen molar-refractivity contribution < 1.29 is 14.3 Å². The third-order valence-corrected chi connectivity index (χ3v) is 5.60. The highest BCUT2D eigenvalue weighted by atomic mass is 16.6. The molecule has 0 amide bonds. The van der Waals surface area contributed by atoms with E-state index in [1.807, 2.05) is 0 Å². The lowest BCUT2D eigenvalue weighted by Gasteiger charge is -2.04. The number of hydrogen-bond acceptors (Lipinski definition) is 3. The van der Waals surface area contributed by atoms with Crippen LogP contribution < -0.4 is 0 Å². The summed E-state index contributed by atoms with van der Waals surface area (Å²) in [5.41, 5.74) is 1.35. The molecule has 27 heavy (non-hydrogen) atoms. The van der Waals surface area contributed by atoms with E-state index in [0.717, 1.165) is 25.7 Å². The first-order valence-corrected chi connectivity index (χ1v) is 11.7. The summed E-state index contributed by atoms with van der Waals surface area (Å²) in [5, 5.41) is 0. The molecule has 0 spiro atoms. The minimum Gasteiger partial charge on any atom is -0.386 e.